The van der Waals surface area contributed by atoms with Gasteiger partial charge in [0.2, 0.25) is 0 Å². The fourth-order valence-corrected chi connectivity index (χ4v) is 3.58. The van der Waals surface area contributed by atoms with Crippen molar-refractivity contribution in [2.24, 2.45) is 16.9 Å². The van der Waals surface area contributed by atoms with Crippen LogP contribution in [0.2, 0.25) is 5.02 Å². The molecule has 1 aliphatic carbocycles. The SMILES string of the molecule is CC1CCC2=NN(C(=O)c3ccccc3Cl)C(O)(C(F)(F)F)C2C1. The van der Waals surface area contributed by atoms with Crippen LogP contribution in [0.4, 0.5) is 13.2 Å². The van der Waals surface area contributed by atoms with Crippen molar-refractivity contribution in [3.8, 4) is 0 Å². The van der Waals surface area contributed by atoms with E-state index in [0.717, 1.165) is 0 Å². The van der Waals surface area contributed by atoms with Gasteiger partial charge < -0.3 is 5.11 Å². The highest BCUT2D eigenvalue weighted by molar-refractivity contribution is 6.33. The summed E-state index contributed by atoms with van der Waals surface area (Å²) in [6.07, 6.45) is -3.90. The number of amides is 1. The molecule has 0 spiro atoms. The number of carbonyl (C=O) groups is 1. The molecule has 0 radical (unpaired) electrons. The second-order valence-corrected chi connectivity index (χ2v) is 6.75. The Morgan fingerprint density at radius 2 is 2.08 bits per heavy atom. The van der Waals surface area contributed by atoms with Crippen molar-refractivity contribution < 1.29 is 23.1 Å². The fraction of sp³-hybridized carbons (Fsp3) is 0.500. The van der Waals surface area contributed by atoms with Crippen LogP contribution in [-0.2, 0) is 0 Å². The zero-order chi connectivity index (χ0) is 17.7. The number of carbonyl (C=O) groups excluding carboxylic acids is 1. The number of halogens is 4. The van der Waals surface area contributed by atoms with Gasteiger partial charge in [-0.3, -0.25) is 4.79 Å². The van der Waals surface area contributed by atoms with Crippen LogP contribution >= 0.6 is 11.6 Å². The first kappa shape index (κ1) is 17.2. The zero-order valence-corrected chi connectivity index (χ0v) is 13.6. The Morgan fingerprint density at radius 3 is 2.71 bits per heavy atom. The van der Waals surface area contributed by atoms with Crippen LogP contribution in [-0.4, -0.2) is 33.6 Å². The summed E-state index contributed by atoms with van der Waals surface area (Å²) < 4.78 is 41.2. The molecule has 8 heteroatoms. The van der Waals surface area contributed by atoms with E-state index in [4.69, 9.17) is 11.6 Å². The molecule has 1 fully saturated rings. The van der Waals surface area contributed by atoms with Crippen LogP contribution in [0.3, 0.4) is 0 Å². The molecule has 1 aromatic rings. The third kappa shape index (κ3) is 2.50. The standard InChI is InChI=1S/C16H16ClF3N2O2/c1-9-6-7-13-11(8-9)15(24,16(18,19)20)22(21-13)14(23)10-4-2-3-5-12(10)17/h2-5,9,11,24H,6-8H2,1H3. The molecule has 1 amide bonds. The van der Waals surface area contributed by atoms with E-state index in [0.29, 0.717) is 12.8 Å². The largest absolute Gasteiger partial charge is 0.439 e. The summed E-state index contributed by atoms with van der Waals surface area (Å²) in [4.78, 5) is 12.6. The number of hydrogen-bond acceptors (Lipinski definition) is 3. The van der Waals surface area contributed by atoms with Gasteiger partial charge in [0.1, 0.15) is 0 Å². The van der Waals surface area contributed by atoms with E-state index in [1.165, 1.54) is 18.2 Å². The summed E-state index contributed by atoms with van der Waals surface area (Å²) in [6.45, 7) is 1.83. The van der Waals surface area contributed by atoms with Crippen LogP contribution in [0.15, 0.2) is 29.4 Å². The average Bonchev–Trinajstić information content (AvgIpc) is 2.81. The van der Waals surface area contributed by atoms with Gasteiger partial charge in [-0.2, -0.15) is 23.3 Å². The maximum Gasteiger partial charge on any atom is 0.439 e. The lowest BCUT2D eigenvalue weighted by molar-refractivity contribution is -0.313. The highest BCUT2D eigenvalue weighted by Gasteiger charge is 2.68. The van der Waals surface area contributed by atoms with E-state index in [1.54, 1.807) is 6.07 Å². The predicted octanol–water partition coefficient (Wildman–Crippen LogP) is 3.84. The van der Waals surface area contributed by atoms with Gasteiger partial charge in [-0.15, -0.1) is 0 Å². The van der Waals surface area contributed by atoms with Crippen LogP contribution in [0.1, 0.15) is 36.5 Å². The Labute approximate surface area is 141 Å². The molecule has 1 aromatic carbocycles. The first-order valence-corrected chi connectivity index (χ1v) is 7.99. The highest BCUT2D eigenvalue weighted by atomic mass is 35.5. The Morgan fingerprint density at radius 1 is 1.42 bits per heavy atom. The van der Waals surface area contributed by atoms with Crippen molar-refractivity contribution in [2.45, 2.75) is 38.1 Å². The predicted molar refractivity (Wildman–Crippen MR) is 82.6 cm³/mol. The molecule has 1 heterocycles. The monoisotopic (exact) mass is 360 g/mol. The number of aliphatic hydroxyl groups is 1. The van der Waals surface area contributed by atoms with Gasteiger partial charge in [-0.25, -0.2) is 0 Å². The Hall–Kier alpha value is -1.60. The Balaban J connectivity index is 2.07. The molecule has 3 atom stereocenters. The van der Waals surface area contributed by atoms with Crippen LogP contribution < -0.4 is 0 Å². The number of nitrogens with zero attached hydrogens (tertiary/aromatic N) is 2. The van der Waals surface area contributed by atoms with Gasteiger partial charge in [0.05, 0.1) is 16.5 Å². The summed E-state index contributed by atoms with van der Waals surface area (Å²) in [5, 5.41) is 14.6. The molecule has 24 heavy (non-hydrogen) atoms. The van der Waals surface area contributed by atoms with Crippen LogP contribution in [0, 0.1) is 11.8 Å². The van der Waals surface area contributed by atoms with Gasteiger partial charge in [0, 0.05) is 5.71 Å². The normalized spacial score (nSPS) is 30.1. The van der Waals surface area contributed by atoms with Crippen molar-refractivity contribution in [3.05, 3.63) is 34.9 Å². The Kier molecular flexibility index (Phi) is 4.12. The van der Waals surface area contributed by atoms with Gasteiger partial charge in [-0.05, 0) is 37.3 Å². The number of rotatable bonds is 1. The smallest absolute Gasteiger partial charge is 0.362 e. The van der Waals surface area contributed by atoms with Crippen molar-refractivity contribution in [3.63, 3.8) is 0 Å². The minimum absolute atomic E-state index is 0.00969. The first-order valence-electron chi connectivity index (χ1n) is 7.61. The molecule has 1 aliphatic heterocycles. The summed E-state index contributed by atoms with van der Waals surface area (Å²) >= 11 is 5.92. The molecule has 4 nitrogen and oxygen atoms in total. The molecular formula is C16H16ClF3N2O2. The second-order valence-electron chi connectivity index (χ2n) is 6.34. The average molecular weight is 361 g/mol. The van der Waals surface area contributed by atoms with E-state index < -0.39 is 23.7 Å². The molecule has 0 saturated heterocycles. The molecule has 3 rings (SSSR count). The minimum atomic E-state index is -5.03. The highest BCUT2D eigenvalue weighted by Crippen LogP contribution is 2.49. The quantitative estimate of drug-likeness (QED) is 0.827. The molecule has 3 unspecified atom stereocenters. The molecule has 130 valence electrons. The zero-order valence-electron chi connectivity index (χ0n) is 12.8. The Bertz CT molecular complexity index is 707. The lowest BCUT2D eigenvalue weighted by Gasteiger charge is -2.39. The number of hydrogen-bond donors (Lipinski definition) is 1. The lowest BCUT2D eigenvalue weighted by atomic mass is 9.76. The van der Waals surface area contributed by atoms with E-state index in [-0.39, 0.29) is 33.6 Å². The molecule has 2 aliphatic rings. The maximum absolute atomic E-state index is 13.7. The maximum atomic E-state index is 13.7. The molecule has 0 bridgehead atoms. The van der Waals surface area contributed by atoms with Crippen molar-refractivity contribution in [1.29, 1.82) is 0 Å². The summed E-state index contributed by atoms with van der Waals surface area (Å²) in [5.74, 6) is -2.29. The van der Waals surface area contributed by atoms with Gasteiger partial charge >= 0.3 is 6.18 Å². The van der Waals surface area contributed by atoms with E-state index in [9.17, 15) is 23.1 Å². The molecular weight excluding hydrogens is 345 g/mol. The van der Waals surface area contributed by atoms with E-state index in [1.807, 2.05) is 6.92 Å². The number of alkyl halides is 3. The summed E-state index contributed by atoms with van der Waals surface area (Å²) in [6, 6.07) is 5.77. The summed E-state index contributed by atoms with van der Waals surface area (Å²) in [5.41, 5.74) is -3.25. The molecule has 1 saturated carbocycles. The van der Waals surface area contributed by atoms with Crippen LogP contribution in [0.25, 0.3) is 0 Å². The van der Waals surface area contributed by atoms with Crippen molar-refractivity contribution >= 4 is 23.2 Å². The first-order chi connectivity index (χ1) is 11.2. The number of fused-ring (bicyclic) bond motifs is 1. The third-order valence-corrected chi connectivity index (χ3v) is 5.01. The molecule has 1 N–H and O–H groups in total. The van der Waals surface area contributed by atoms with Gasteiger partial charge in [-0.1, -0.05) is 30.7 Å². The number of hydrazone groups is 1. The van der Waals surface area contributed by atoms with Crippen molar-refractivity contribution in [2.75, 3.05) is 0 Å². The topological polar surface area (TPSA) is 52.9 Å². The van der Waals surface area contributed by atoms with E-state index >= 15 is 0 Å². The van der Waals surface area contributed by atoms with Crippen LogP contribution in [0.5, 0.6) is 0 Å². The summed E-state index contributed by atoms with van der Waals surface area (Å²) in [7, 11) is 0. The minimum Gasteiger partial charge on any atom is -0.362 e. The fourth-order valence-electron chi connectivity index (χ4n) is 3.36. The number of benzene rings is 1. The lowest BCUT2D eigenvalue weighted by Crippen LogP contribution is -2.61. The van der Waals surface area contributed by atoms with E-state index in [2.05, 4.69) is 5.10 Å². The van der Waals surface area contributed by atoms with Crippen molar-refractivity contribution in [1.82, 2.24) is 5.01 Å². The third-order valence-electron chi connectivity index (χ3n) is 4.68. The van der Waals surface area contributed by atoms with Gasteiger partial charge in [0.15, 0.2) is 0 Å². The van der Waals surface area contributed by atoms with Gasteiger partial charge in [0.25, 0.3) is 11.6 Å². The molecule has 0 aromatic heterocycles. The second kappa shape index (κ2) is 5.74.